The molecule has 2 unspecified atom stereocenters. The van der Waals surface area contributed by atoms with Crippen molar-refractivity contribution in [3.8, 4) is 0 Å². The number of aliphatic imine (C=N–C) groups is 1. The van der Waals surface area contributed by atoms with Crippen molar-refractivity contribution in [1.82, 2.24) is 5.32 Å². The highest BCUT2D eigenvalue weighted by Gasteiger charge is 2.44. The summed E-state index contributed by atoms with van der Waals surface area (Å²) in [6, 6.07) is 0.0613. The number of carbonyl (C=O) groups is 1. The van der Waals surface area contributed by atoms with Crippen LogP contribution in [0.1, 0.15) is 41.5 Å². The Labute approximate surface area is 92.4 Å². The minimum atomic E-state index is -0.0558. The normalized spacial score (nSPS) is 27.7. The van der Waals surface area contributed by atoms with Crippen LogP contribution in [0.15, 0.2) is 4.99 Å². The first-order valence-electron chi connectivity index (χ1n) is 5.46. The largest absolute Gasteiger partial charge is 0.317 e. The van der Waals surface area contributed by atoms with Crippen molar-refractivity contribution < 1.29 is 4.79 Å². The third-order valence-electron chi connectivity index (χ3n) is 2.86. The maximum absolute atomic E-state index is 11.9. The number of amides is 1. The number of nitrogens with one attached hydrogen (secondary N) is 1. The van der Waals surface area contributed by atoms with Gasteiger partial charge in [0, 0.05) is 0 Å². The fraction of sp³-hybridized carbons (Fsp3) is 0.833. The molecule has 0 aliphatic carbocycles. The molecule has 3 nitrogen and oxygen atoms in total. The van der Waals surface area contributed by atoms with Crippen LogP contribution in [0.4, 0.5) is 0 Å². The average molecular weight is 210 g/mol. The Kier molecular flexibility index (Phi) is 2.94. The van der Waals surface area contributed by atoms with E-state index in [1.54, 1.807) is 6.34 Å². The summed E-state index contributed by atoms with van der Waals surface area (Å²) in [4.78, 5) is 16.3. The molecule has 15 heavy (non-hydrogen) atoms. The Balaban J connectivity index is 3.08. The van der Waals surface area contributed by atoms with Gasteiger partial charge in [0.15, 0.2) is 0 Å². The van der Waals surface area contributed by atoms with Gasteiger partial charge in [-0.3, -0.25) is 9.79 Å². The summed E-state index contributed by atoms with van der Waals surface area (Å²) in [7, 11) is 0. The van der Waals surface area contributed by atoms with Crippen LogP contribution in [0.2, 0.25) is 0 Å². The van der Waals surface area contributed by atoms with E-state index in [-0.39, 0.29) is 28.7 Å². The molecular weight excluding hydrogens is 188 g/mol. The monoisotopic (exact) mass is 210 g/mol. The molecule has 1 N–H and O–H groups in total. The summed E-state index contributed by atoms with van der Waals surface area (Å²) in [5, 5.41) is 2.71. The zero-order valence-electron chi connectivity index (χ0n) is 10.6. The fourth-order valence-electron chi connectivity index (χ4n) is 2.09. The highest BCUT2D eigenvalue weighted by molar-refractivity contribution is 5.92. The minimum Gasteiger partial charge on any atom is -0.317 e. The third kappa shape index (κ3) is 2.58. The molecule has 0 aromatic carbocycles. The summed E-state index contributed by atoms with van der Waals surface area (Å²) in [6.07, 6.45) is 1.54. The number of hydrogen-bond donors (Lipinski definition) is 1. The number of rotatable bonds is 0. The molecule has 1 aliphatic rings. The maximum atomic E-state index is 11.9. The Hall–Kier alpha value is -0.860. The third-order valence-corrected chi connectivity index (χ3v) is 2.86. The van der Waals surface area contributed by atoms with E-state index in [1.165, 1.54) is 0 Å². The van der Waals surface area contributed by atoms with Crippen LogP contribution >= 0.6 is 0 Å². The van der Waals surface area contributed by atoms with E-state index in [0.29, 0.717) is 0 Å². The van der Waals surface area contributed by atoms with Crippen LogP contribution in [0.25, 0.3) is 0 Å². The SMILES string of the molecule is CC(C)(C)C1N=CNC(=O)C1C(C)(C)C. The molecule has 1 aliphatic heterocycles. The maximum Gasteiger partial charge on any atom is 0.230 e. The van der Waals surface area contributed by atoms with Crippen molar-refractivity contribution in [2.24, 2.45) is 21.7 Å². The zero-order chi connectivity index (χ0) is 11.9. The van der Waals surface area contributed by atoms with Crippen LogP contribution in [-0.2, 0) is 4.79 Å². The summed E-state index contributed by atoms with van der Waals surface area (Å²) in [5.41, 5.74) is -0.0357. The smallest absolute Gasteiger partial charge is 0.230 e. The van der Waals surface area contributed by atoms with Crippen LogP contribution in [0.3, 0.4) is 0 Å². The molecular formula is C12H22N2O. The van der Waals surface area contributed by atoms with Crippen molar-refractivity contribution >= 4 is 12.2 Å². The standard InChI is InChI=1S/C12H22N2O/c1-11(2,3)8-9(12(4,5)6)13-7-14-10(8)15/h7-9H,1-6H3,(H,13,14,15). The first-order chi connectivity index (χ1) is 6.64. The van der Waals surface area contributed by atoms with E-state index >= 15 is 0 Å². The van der Waals surface area contributed by atoms with Gasteiger partial charge in [-0.05, 0) is 10.8 Å². The lowest BCUT2D eigenvalue weighted by Gasteiger charge is -2.41. The van der Waals surface area contributed by atoms with Gasteiger partial charge in [0.1, 0.15) is 0 Å². The second kappa shape index (κ2) is 3.62. The topological polar surface area (TPSA) is 41.5 Å². The van der Waals surface area contributed by atoms with Crippen molar-refractivity contribution in [2.45, 2.75) is 47.6 Å². The quantitative estimate of drug-likeness (QED) is 0.654. The van der Waals surface area contributed by atoms with Crippen molar-refractivity contribution in [3.05, 3.63) is 0 Å². The van der Waals surface area contributed by atoms with E-state index in [0.717, 1.165) is 0 Å². The van der Waals surface area contributed by atoms with E-state index in [2.05, 4.69) is 51.9 Å². The van der Waals surface area contributed by atoms with E-state index in [4.69, 9.17) is 0 Å². The molecule has 0 radical (unpaired) electrons. The summed E-state index contributed by atoms with van der Waals surface area (Å²) in [6.45, 7) is 12.7. The van der Waals surface area contributed by atoms with E-state index < -0.39 is 0 Å². The van der Waals surface area contributed by atoms with Crippen molar-refractivity contribution in [1.29, 1.82) is 0 Å². The van der Waals surface area contributed by atoms with Crippen molar-refractivity contribution in [2.75, 3.05) is 0 Å². The first kappa shape index (κ1) is 12.2. The van der Waals surface area contributed by atoms with Gasteiger partial charge in [-0.2, -0.15) is 0 Å². The fourth-order valence-corrected chi connectivity index (χ4v) is 2.09. The Morgan fingerprint density at radius 3 is 2.00 bits per heavy atom. The molecule has 0 fully saturated rings. The number of carbonyl (C=O) groups excluding carboxylic acids is 1. The number of hydrogen-bond acceptors (Lipinski definition) is 2. The molecule has 1 rings (SSSR count). The molecule has 3 heteroatoms. The minimum absolute atomic E-state index is 0.0200. The van der Waals surface area contributed by atoms with E-state index in [9.17, 15) is 4.79 Å². The predicted octanol–water partition coefficient (Wildman–Crippen LogP) is 2.22. The lowest BCUT2D eigenvalue weighted by molar-refractivity contribution is -0.129. The molecule has 0 aromatic rings. The summed E-state index contributed by atoms with van der Waals surface area (Å²) >= 11 is 0. The van der Waals surface area contributed by atoms with Gasteiger partial charge in [0.05, 0.1) is 18.3 Å². The van der Waals surface area contributed by atoms with Crippen molar-refractivity contribution in [3.63, 3.8) is 0 Å². The molecule has 1 heterocycles. The van der Waals surface area contributed by atoms with Crippen LogP contribution in [0.5, 0.6) is 0 Å². The van der Waals surface area contributed by atoms with Gasteiger partial charge in [0.25, 0.3) is 0 Å². The van der Waals surface area contributed by atoms with Crippen LogP contribution in [-0.4, -0.2) is 18.3 Å². The van der Waals surface area contributed by atoms with Gasteiger partial charge < -0.3 is 5.32 Å². The average Bonchev–Trinajstić information content (AvgIpc) is 1.99. The lowest BCUT2D eigenvalue weighted by Crippen LogP contribution is -2.51. The molecule has 0 bridgehead atoms. The summed E-state index contributed by atoms with van der Waals surface area (Å²) < 4.78 is 0. The Morgan fingerprint density at radius 2 is 1.67 bits per heavy atom. The second-order valence-electron chi connectivity index (χ2n) is 6.44. The first-order valence-corrected chi connectivity index (χ1v) is 5.46. The molecule has 1 amide bonds. The van der Waals surface area contributed by atoms with Crippen LogP contribution < -0.4 is 5.32 Å². The zero-order valence-corrected chi connectivity index (χ0v) is 10.6. The lowest BCUT2D eigenvalue weighted by atomic mass is 9.67. The molecule has 0 saturated heterocycles. The molecule has 0 aromatic heterocycles. The van der Waals surface area contributed by atoms with Gasteiger partial charge in [-0.1, -0.05) is 41.5 Å². The Morgan fingerprint density at radius 1 is 1.13 bits per heavy atom. The number of nitrogens with zero attached hydrogens (tertiary/aromatic N) is 1. The van der Waals surface area contributed by atoms with E-state index in [1.807, 2.05) is 0 Å². The predicted molar refractivity (Wildman–Crippen MR) is 62.8 cm³/mol. The molecule has 86 valence electrons. The molecule has 0 saturated carbocycles. The van der Waals surface area contributed by atoms with Gasteiger partial charge >= 0.3 is 0 Å². The van der Waals surface area contributed by atoms with Gasteiger partial charge in [0.2, 0.25) is 5.91 Å². The highest BCUT2D eigenvalue weighted by Crippen LogP contribution is 2.39. The molecule has 2 atom stereocenters. The Bertz CT molecular complexity index is 281. The van der Waals surface area contributed by atoms with Gasteiger partial charge in [-0.15, -0.1) is 0 Å². The second-order valence-corrected chi connectivity index (χ2v) is 6.44. The molecule has 0 spiro atoms. The summed E-state index contributed by atoms with van der Waals surface area (Å²) in [5.74, 6) is 0.0416. The van der Waals surface area contributed by atoms with Crippen LogP contribution in [0, 0.1) is 16.7 Å². The highest BCUT2D eigenvalue weighted by atomic mass is 16.2. The van der Waals surface area contributed by atoms with Gasteiger partial charge in [-0.25, -0.2) is 0 Å².